The van der Waals surface area contributed by atoms with E-state index in [1.165, 1.54) is 0 Å². The van der Waals surface area contributed by atoms with Gasteiger partial charge < -0.3 is 19.2 Å². The zero-order valence-electron chi connectivity index (χ0n) is 16.9. The molecule has 1 aromatic heterocycles. The smallest absolute Gasteiger partial charge is 0.336 e. The molecule has 0 fully saturated rings. The number of hydrogen-bond acceptors (Lipinski definition) is 6. The Labute approximate surface area is 170 Å². The minimum atomic E-state index is -0.812. The molecule has 0 radical (unpaired) electrons. The summed E-state index contributed by atoms with van der Waals surface area (Å²) in [6, 6.07) is 13.2. The Balaban J connectivity index is 2.10. The number of furan rings is 1. The van der Waals surface area contributed by atoms with Gasteiger partial charge in [0.2, 0.25) is 0 Å². The van der Waals surface area contributed by atoms with Crippen molar-refractivity contribution in [2.24, 2.45) is 5.92 Å². The van der Waals surface area contributed by atoms with Gasteiger partial charge in [0.05, 0.1) is 24.7 Å². The molecule has 6 nitrogen and oxygen atoms in total. The van der Waals surface area contributed by atoms with Crippen molar-refractivity contribution in [2.75, 3.05) is 13.2 Å². The maximum atomic E-state index is 12.8. The Morgan fingerprint density at radius 3 is 2.41 bits per heavy atom. The topological polar surface area (TPSA) is 77.8 Å². The van der Waals surface area contributed by atoms with Crippen LogP contribution >= 0.6 is 0 Å². The van der Waals surface area contributed by atoms with Crippen molar-refractivity contribution in [3.05, 3.63) is 71.8 Å². The van der Waals surface area contributed by atoms with Gasteiger partial charge >= 0.3 is 11.9 Å². The van der Waals surface area contributed by atoms with E-state index in [1.54, 1.807) is 26.8 Å². The molecule has 1 aliphatic heterocycles. The molecule has 2 atom stereocenters. The summed E-state index contributed by atoms with van der Waals surface area (Å²) in [5.41, 5.74) is 2.28. The third-order valence-corrected chi connectivity index (χ3v) is 4.80. The van der Waals surface area contributed by atoms with Crippen molar-refractivity contribution < 1.29 is 23.5 Å². The largest absolute Gasteiger partial charge is 0.465 e. The maximum absolute atomic E-state index is 12.8. The lowest BCUT2D eigenvalue weighted by atomic mass is 9.78. The summed E-state index contributed by atoms with van der Waals surface area (Å²) in [5.74, 6) is -1.35. The van der Waals surface area contributed by atoms with Crippen LogP contribution in [-0.2, 0) is 19.1 Å². The summed E-state index contributed by atoms with van der Waals surface area (Å²) in [6.45, 7) is 9.67. The monoisotopic (exact) mass is 395 g/mol. The van der Waals surface area contributed by atoms with Crippen LogP contribution in [0.25, 0.3) is 11.3 Å². The van der Waals surface area contributed by atoms with Crippen molar-refractivity contribution >= 4 is 11.9 Å². The Morgan fingerprint density at radius 2 is 1.76 bits per heavy atom. The molecular formula is C23H25NO5. The predicted molar refractivity (Wildman–Crippen MR) is 109 cm³/mol. The van der Waals surface area contributed by atoms with Crippen LogP contribution in [-0.4, -0.2) is 25.2 Å². The third kappa shape index (κ3) is 4.11. The number of benzene rings is 1. The highest BCUT2D eigenvalue weighted by atomic mass is 16.5. The fraction of sp³-hybridized carbons (Fsp3) is 0.304. The summed E-state index contributed by atoms with van der Waals surface area (Å²) in [7, 11) is 0. The first-order valence-electron chi connectivity index (χ1n) is 9.63. The van der Waals surface area contributed by atoms with E-state index in [9.17, 15) is 9.59 Å². The van der Waals surface area contributed by atoms with Crippen LogP contribution in [0.4, 0.5) is 0 Å². The Kier molecular flexibility index (Phi) is 6.22. The molecule has 3 rings (SSSR count). The molecule has 0 amide bonds. The number of carbonyl (C=O) groups excluding carboxylic acids is 2. The van der Waals surface area contributed by atoms with Crippen LogP contribution < -0.4 is 5.32 Å². The molecule has 1 aliphatic rings. The molecule has 29 heavy (non-hydrogen) atoms. The third-order valence-electron chi connectivity index (χ3n) is 4.80. The van der Waals surface area contributed by atoms with E-state index in [-0.39, 0.29) is 13.2 Å². The van der Waals surface area contributed by atoms with E-state index in [2.05, 4.69) is 11.9 Å². The van der Waals surface area contributed by atoms with Crippen LogP contribution in [0.5, 0.6) is 0 Å². The second kappa shape index (κ2) is 8.82. The van der Waals surface area contributed by atoms with Crippen LogP contribution in [0.2, 0.25) is 0 Å². The average molecular weight is 395 g/mol. The second-order valence-corrected chi connectivity index (χ2v) is 6.68. The van der Waals surface area contributed by atoms with Gasteiger partial charge in [0, 0.05) is 17.0 Å². The number of rotatable bonds is 6. The summed E-state index contributed by atoms with van der Waals surface area (Å²) in [5, 5.41) is 3.04. The van der Waals surface area contributed by atoms with Gasteiger partial charge in [-0.1, -0.05) is 36.9 Å². The van der Waals surface area contributed by atoms with Gasteiger partial charge in [-0.3, -0.25) is 4.79 Å². The van der Waals surface area contributed by atoms with Crippen LogP contribution in [0.15, 0.2) is 70.4 Å². The highest BCUT2D eigenvalue weighted by Gasteiger charge is 2.44. The highest BCUT2D eigenvalue weighted by Crippen LogP contribution is 2.42. The fourth-order valence-electron chi connectivity index (χ4n) is 3.57. The molecule has 2 heterocycles. The highest BCUT2D eigenvalue weighted by molar-refractivity contribution is 5.94. The average Bonchev–Trinajstić information content (AvgIpc) is 3.18. The normalized spacial score (nSPS) is 18.9. The number of carbonyl (C=O) groups is 2. The standard InChI is InChI=1S/C23H25NO5/c1-5-27-22(25)19-14(3)24-15(4)20(23(26)28-6-2)21(19)18-13-12-17(29-18)16-10-8-7-9-11-16/h7-13,19,21,24H,3,5-6H2,1-2,4H3. The number of esters is 2. The molecule has 0 saturated carbocycles. The van der Waals surface area contributed by atoms with E-state index in [0.717, 1.165) is 5.56 Å². The second-order valence-electron chi connectivity index (χ2n) is 6.68. The lowest BCUT2D eigenvalue weighted by molar-refractivity contribution is -0.148. The van der Waals surface area contributed by atoms with Crippen molar-refractivity contribution in [1.29, 1.82) is 0 Å². The minimum Gasteiger partial charge on any atom is -0.465 e. The fourth-order valence-corrected chi connectivity index (χ4v) is 3.57. The zero-order chi connectivity index (χ0) is 21.0. The first kappa shape index (κ1) is 20.5. The van der Waals surface area contributed by atoms with Crippen molar-refractivity contribution in [1.82, 2.24) is 5.32 Å². The number of hydrogen-bond donors (Lipinski definition) is 1. The summed E-state index contributed by atoms with van der Waals surface area (Å²) < 4.78 is 16.6. The molecule has 1 N–H and O–H groups in total. The molecule has 0 bridgehead atoms. The predicted octanol–water partition coefficient (Wildman–Crippen LogP) is 4.16. The molecule has 0 saturated heterocycles. The quantitative estimate of drug-likeness (QED) is 0.740. The molecule has 2 aromatic rings. The molecule has 0 spiro atoms. The van der Waals surface area contributed by atoms with E-state index in [1.807, 2.05) is 36.4 Å². The van der Waals surface area contributed by atoms with Gasteiger partial charge in [-0.05, 0) is 32.9 Å². The number of allylic oxidation sites excluding steroid dienone is 1. The number of nitrogens with one attached hydrogen (secondary N) is 1. The van der Waals surface area contributed by atoms with Gasteiger partial charge in [-0.15, -0.1) is 0 Å². The first-order chi connectivity index (χ1) is 14.0. The van der Waals surface area contributed by atoms with E-state index in [4.69, 9.17) is 13.9 Å². The Hall–Kier alpha value is -3.28. The molecule has 0 aliphatic carbocycles. The van der Waals surface area contributed by atoms with Crippen molar-refractivity contribution in [3.63, 3.8) is 0 Å². The van der Waals surface area contributed by atoms with Crippen LogP contribution in [0, 0.1) is 5.92 Å². The molecule has 152 valence electrons. The van der Waals surface area contributed by atoms with Gasteiger partial charge in [-0.25, -0.2) is 4.79 Å². The molecule has 2 unspecified atom stereocenters. The minimum absolute atomic E-state index is 0.222. The van der Waals surface area contributed by atoms with Gasteiger partial charge in [0.25, 0.3) is 0 Å². The zero-order valence-corrected chi connectivity index (χ0v) is 16.9. The lowest BCUT2D eigenvalue weighted by Crippen LogP contribution is -2.39. The lowest BCUT2D eigenvalue weighted by Gasteiger charge is -2.33. The molecule has 1 aromatic carbocycles. The molecule has 6 heteroatoms. The first-order valence-corrected chi connectivity index (χ1v) is 9.63. The van der Waals surface area contributed by atoms with E-state index in [0.29, 0.717) is 28.5 Å². The summed E-state index contributed by atoms with van der Waals surface area (Å²) >= 11 is 0. The van der Waals surface area contributed by atoms with Crippen LogP contribution in [0.1, 0.15) is 32.4 Å². The van der Waals surface area contributed by atoms with Gasteiger partial charge in [0.1, 0.15) is 17.4 Å². The molecular weight excluding hydrogens is 370 g/mol. The summed E-state index contributed by atoms with van der Waals surface area (Å²) in [4.78, 5) is 25.5. The summed E-state index contributed by atoms with van der Waals surface area (Å²) in [6.07, 6.45) is 0. The van der Waals surface area contributed by atoms with E-state index >= 15 is 0 Å². The Morgan fingerprint density at radius 1 is 1.07 bits per heavy atom. The SMILES string of the molecule is C=C1NC(C)=C(C(=O)OCC)C(c2ccc(-c3ccccc3)o2)C1C(=O)OCC. The van der Waals surface area contributed by atoms with Gasteiger partial charge in [-0.2, -0.15) is 0 Å². The van der Waals surface area contributed by atoms with Crippen LogP contribution in [0.3, 0.4) is 0 Å². The van der Waals surface area contributed by atoms with E-state index < -0.39 is 23.8 Å². The maximum Gasteiger partial charge on any atom is 0.336 e. The van der Waals surface area contributed by atoms with Gasteiger partial charge in [0.15, 0.2) is 0 Å². The Bertz CT molecular complexity index is 941. The number of ether oxygens (including phenoxy) is 2. The van der Waals surface area contributed by atoms with Crippen molar-refractivity contribution in [3.8, 4) is 11.3 Å². The van der Waals surface area contributed by atoms with Crippen molar-refractivity contribution in [2.45, 2.75) is 26.7 Å².